The fraction of sp³-hybridized carbons (Fsp3) is 0.0588. The van der Waals surface area contributed by atoms with Crippen LogP contribution in [0.15, 0.2) is 54.0 Å². The van der Waals surface area contributed by atoms with Gasteiger partial charge in [-0.1, -0.05) is 29.8 Å². The van der Waals surface area contributed by atoms with Crippen LogP contribution in [0.25, 0.3) is 10.4 Å². The average molecular weight is 383 g/mol. The fourth-order valence-corrected chi connectivity index (χ4v) is 3.04. The van der Waals surface area contributed by atoms with Crippen molar-refractivity contribution < 1.29 is 18.0 Å². The van der Waals surface area contributed by atoms with Crippen LogP contribution in [0.4, 0.5) is 19.0 Å². The molecule has 3 nitrogen and oxygen atoms in total. The molecule has 1 aromatic carbocycles. The number of thiophene rings is 1. The number of pyridine rings is 1. The summed E-state index contributed by atoms with van der Waals surface area (Å²) in [6.45, 7) is 0. The topological polar surface area (TPSA) is 42.0 Å². The van der Waals surface area contributed by atoms with Crippen molar-refractivity contribution in [3.05, 3.63) is 70.2 Å². The van der Waals surface area contributed by atoms with Crippen LogP contribution in [0.2, 0.25) is 5.02 Å². The number of halogens is 4. The molecule has 1 amide bonds. The van der Waals surface area contributed by atoms with Crippen molar-refractivity contribution in [3.8, 4) is 10.4 Å². The highest BCUT2D eigenvalue weighted by Crippen LogP contribution is 2.32. The lowest BCUT2D eigenvalue weighted by molar-refractivity contribution is -0.137. The molecule has 0 aliphatic carbocycles. The van der Waals surface area contributed by atoms with E-state index in [1.165, 1.54) is 0 Å². The first kappa shape index (κ1) is 17.4. The fourth-order valence-electron chi connectivity index (χ4n) is 2.09. The van der Waals surface area contributed by atoms with E-state index < -0.39 is 17.6 Å². The van der Waals surface area contributed by atoms with Gasteiger partial charge in [0.1, 0.15) is 0 Å². The Labute approximate surface area is 150 Å². The molecule has 0 saturated heterocycles. The van der Waals surface area contributed by atoms with Gasteiger partial charge in [-0.25, -0.2) is 4.98 Å². The minimum absolute atomic E-state index is 0.123. The zero-order chi connectivity index (χ0) is 18.0. The van der Waals surface area contributed by atoms with Crippen LogP contribution in [0, 0.1) is 0 Å². The molecule has 25 heavy (non-hydrogen) atoms. The summed E-state index contributed by atoms with van der Waals surface area (Å²) in [5, 5.41) is 4.09. The summed E-state index contributed by atoms with van der Waals surface area (Å²) < 4.78 is 37.8. The van der Waals surface area contributed by atoms with Crippen molar-refractivity contribution in [3.63, 3.8) is 0 Å². The van der Waals surface area contributed by atoms with Gasteiger partial charge in [0.05, 0.1) is 10.6 Å². The molecule has 0 spiro atoms. The number of carbonyl (C=O) groups excluding carboxylic acids is 1. The van der Waals surface area contributed by atoms with Crippen LogP contribution >= 0.6 is 22.9 Å². The van der Waals surface area contributed by atoms with Crippen LogP contribution in [0.1, 0.15) is 15.9 Å². The van der Waals surface area contributed by atoms with Crippen LogP contribution in [0.5, 0.6) is 0 Å². The lowest BCUT2D eigenvalue weighted by atomic mass is 10.1. The molecule has 0 atom stereocenters. The molecule has 0 aliphatic rings. The van der Waals surface area contributed by atoms with Gasteiger partial charge in [0.15, 0.2) is 5.82 Å². The lowest BCUT2D eigenvalue weighted by Gasteiger charge is -2.10. The van der Waals surface area contributed by atoms with Crippen LogP contribution < -0.4 is 5.32 Å². The van der Waals surface area contributed by atoms with Crippen molar-refractivity contribution in [2.75, 3.05) is 5.32 Å². The number of alkyl halides is 3. The van der Waals surface area contributed by atoms with Gasteiger partial charge in [-0.2, -0.15) is 13.2 Å². The molecule has 128 valence electrons. The van der Waals surface area contributed by atoms with Gasteiger partial charge in [0.2, 0.25) is 0 Å². The van der Waals surface area contributed by atoms with Crippen LogP contribution in [-0.4, -0.2) is 10.9 Å². The molecule has 1 N–H and O–H groups in total. The Bertz CT molecular complexity index is 893. The van der Waals surface area contributed by atoms with Gasteiger partial charge in [0, 0.05) is 16.6 Å². The number of amides is 1. The molecule has 3 rings (SSSR count). The number of nitrogens with one attached hydrogen (secondary N) is 1. The number of carbonyl (C=O) groups is 1. The first-order valence-corrected chi connectivity index (χ1v) is 8.28. The Morgan fingerprint density at radius 2 is 1.88 bits per heavy atom. The molecule has 0 unspecified atom stereocenters. The average Bonchev–Trinajstić information content (AvgIpc) is 3.10. The highest BCUT2D eigenvalue weighted by atomic mass is 35.5. The van der Waals surface area contributed by atoms with Crippen molar-refractivity contribution in [2.24, 2.45) is 0 Å². The first-order chi connectivity index (χ1) is 11.8. The SMILES string of the molecule is O=C(Nc1ncc(C(F)(F)F)cc1Cl)c1ccc(-c2cccs2)cc1. The van der Waals surface area contributed by atoms with Crippen molar-refractivity contribution in [1.82, 2.24) is 4.98 Å². The van der Waals surface area contributed by atoms with E-state index >= 15 is 0 Å². The zero-order valence-electron chi connectivity index (χ0n) is 12.5. The highest BCUT2D eigenvalue weighted by molar-refractivity contribution is 7.13. The summed E-state index contributed by atoms with van der Waals surface area (Å²) in [5.74, 6) is -0.631. The molecule has 0 radical (unpaired) electrons. The van der Waals surface area contributed by atoms with Gasteiger partial charge in [-0.05, 0) is 35.2 Å². The number of rotatable bonds is 3. The summed E-state index contributed by atoms with van der Waals surface area (Å²) in [6.07, 6.45) is -3.92. The number of benzene rings is 1. The van der Waals surface area contributed by atoms with Gasteiger partial charge in [-0.15, -0.1) is 11.3 Å². The van der Waals surface area contributed by atoms with Gasteiger partial charge >= 0.3 is 6.18 Å². The second-order valence-electron chi connectivity index (χ2n) is 5.06. The third-order valence-corrected chi connectivity index (χ3v) is 4.56. The van der Waals surface area contributed by atoms with Crippen LogP contribution in [-0.2, 0) is 6.18 Å². The van der Waals surface area contributed by atoms with E-state index in [1.54, 1.807) is 35.6 Å². The molecular weight excluding hydrogens is 373 g/mol. The number of aromatic nitrogens is 1. The van der Waals surface area contributed by atoms with Gasteiger partial charge in [0.25, 0.3) is 5.91 Å². The molecule has 2 heterocycles. The van der Waals surface area contributed by atoms with Gasteiger partial charge < -0.3 is 5.32 Å². The molecule has 8 heteroatoms. The third kappa shape index (κ3) is 4.00. The Hall–Kier alpha value is -2.38. The van der Waals surface area contributed by atoms with Crippen LogP contribution in [0.3, 0.4) is 0 Å². The molecule has 0 bridgehead atoms. The summed E-state index contributed by atoms with van der Waals surface area (Å²) in [5.41, 5.74) is 0.339. The third-order valence-electron chi connectivity index (χ3n) is 3.35. The van der Waals surface area contributed by atoms with Crippen molar-refractivity contribution in [1.29, 1.82) is 0 Å². The predicted octanol–water partition coefficient (Wildman–Crippen LogP) is 5.73. The van der Waals surface area contributed by atoms with Crippen molar-refractivity contribution >= 4 is 34.7 Å². The quantitative estimate of drug-likeness (QED) is 0.628. The lowest BCUT2D eigenvalue weighted by Crippen LogP contribution is -2.14. The smallest absolute Gasteiger partial charge is 0.305 e. The van der Waals surface area contributed by atoms with E-state index in [2.05, 4.69) is 10.3 Å². The van der Waals surface area contributed by atoms with E-state index in [-0.39, 0.29) is 10.8 Å². The van der Waals surface area contributed by atoms with E-state index in [0.29, 0.717) is 11.8 Å². The van der Waals surface area contributed by atoms with Gasteiger partial charge in [-0.3, -0.25) is 4.79 Å². The molecule has 0 saturated carbocycles. The summed E-state index contributed by atoms with van der Waals surface area (Å²) >= 11 is 7.36. The molecule has 0 aliphatic heterocycles. The minimum Gasteiger partial charge on any atom is -0.305 e. The minimum atomic E-state index is -4.54. The largest absolute Gasteiger partial charge is 0.417 e. The molecular formula is C17H10ClF3N2OS. The first-order valence-electron chi connectivity index (χ1n) is 7.02. The second kappa shape index (κ2) is 6.85. The van der Waals surface area contributed by atoms with E-state index in [4.69, 9.17) is 11.6 Å². The predicted molar refractivity (Wildman–Crippen MR) is 92.0 cm³/mol. The molecule has 0 fully saturated rings. The summed E-state index contributed by atoms with van der Waals surface area (Å²) in [6, 6.07) is 11.5. The number of hydrogen-bond donors (Lipinski definition) is 1. The Morgan fingerprint density at radius 3 is 2.44 bits per heavy atom. The number of nitrogens with zero attached hydrogens (tertiary/aromatic N) is 1. The number of anilines is 1. The van der Waals surface area contributed by atoms with Crippen molar-refractivity contribution in [2.45, 2.75) is 6.18 Å². The maximum Gasteiger partial charge on any atom is 0.417 e. The normalized spacial score (nSPS) is 11.4. The highest BCUT2D eigenvalue weighted by Gasteiger charge is 2.31. The van der Waals surface area contributed by atoms with E-state index in [0.717, 1.165) is 16.5 Å². The Kier molecular flexibility index (Phi) is 4.78. The van der Waals surface area contributed by atoms with E-state index in [9.17, 15) is 18.0 Å². The Balaban J connectivity index is 1.76. The molecule has 2 aromatic heterocycles. The maximum absolute atomic E-state index is 12.6. The zero-order valence-corrected chi connectivity index (χ0v) is 14.0. The van der Waals surface area contributed by atoms with E-state index in [1.807, 2.05) is 17.5 Å². The number of hydrogen-bond acceptors (Lipinski definition) is 3. The monoisotopic (exact) mass is 382 g/mol. The summed E-state index contributed by atoms with van der Waals surface area (Å²) in [4.78, 5) is 16.9. The Morgan fingerprint density at radius 1 is 1.16 bits per heavy atom. The standard InChI is InChI=1S/C17H10ClF3N2OS/c18-13-8-12(17(19,20)21)9-22-15(13)23-16(24)11-5-3-10(4-6-11)14-2-1-7-25-14/h1-9H,(H,22,23,24). The maximum atomic E-state index is 12.6. The molecule has 3 aromatic rings. The summed E-state index contributed by atoms with van der Waals surface area (Å²) in [7, 11) is 0. The second-order valence-corrected chi connectivity index (χ2v) is 6.42.